The predicted octanol–water partition coefficient (Wildman–Crippen LogP) is -0.213. The van der Waals surface area contributed by atoms with Crippen molar-refractivity contribution in [1.82, 2.24) is 0 Å². The van der Waals surface area contributed by atoms with Crippen molar-refractivity contribution >= 4 is 11.8 Å². The van der Waals surface area contributed by atoms with E-state index in [1.165, 1.54) is 24.3 Å². The van der Waals surface area contributed by atoms with Crippen LogP contribution in [0.4, 0.5) is 0 Å². The number of carbonyl (C=O) groups excluding carboxylic acids is 1. The van der Waals surface area contributed by atoms with E-state index < -0.39 is 30.6 Å². The maximum absolute atomic E-state index is 12.0. The number of ketones is 1. The zero-order valence-electron chi connectivity index (χ0n) is 11.0. The van der Waals surface area contributed by atoms with Gasteiger partial charge in [-0.1, -0.05) is 12.1 Å². The molecule has 0 aromatic heterocycles. The summed E-state index contributed by atoms with van der Waals surface area (Å²) in [5, 5.41) is 37.0. The second kappa shape index (κ2) is 6.31. The van der Waals surface area contributed by atoms with E-state index in [2.05, 4.69) is 0 Å². The highest BCUT2D eigenvalue weighted by Crippen LogP contribution is 2.23. The SMILES string of the molecule is O=C(O)c1cccc(C(=O)CC[C@H]2O[C@@H](O)[C@H](O)[C@@H]2O)c1. The molecule has 0 radical (unpaired) electrons. The number of Topliss-reactive ketones (excluding diaryl/α,β-unsaturated/α-hetero) is 1. The van der Waals surface area contributed by atoms with Crippen LogP contribution in [0.25, 0.3) is 0 Å². The summed E-state index contributed by atoms with van der Waals surface area (Å²) in [6.07, 6.45) is -4.81. The van der Waals surface area contributed by atoms with E-state index in [1.807, 2.05) is 0 Å². The molecule has 0 saturated carbocycles. The van der Waals surface area contributed by atoms with Crippen LogP contribution >= 0.6 is 0 Å². The van der Waals surface area contributed by atoms with Gasteiger partial charge in [0.25, 0.3) is 0 Å². The second-order valence-electron chi connectivity index (χ2n) is 4.89. The Kier molecular flexibility index (Phi) is 4.69. The van der Waals surface area contributed by atoms with Crippen molar-refractivity contribution in [3.63, 3.8) is 0 Å². The molecule has 7 heteroatoms. The van der Waals surface area contributed by atoms with Gasteiger partial charge in [-0.25, -0.2) is 4.79 Å². The third-order valence-electron chi connectivity index (χ3n) is 3.42. The molecule has 1 heterocycles. The molecule has 0 bridgehead atoms. The maximum Gasteiger partial charge on any atom is 0.335 e. The van der Waals surface area contributed by atoms with Crippen LogP contribution in [0, 0.1) is 0 Å². The van der Waals surface area contributed by atoms with E-state index in [1.54, 1.807) is 0 Å². The summed E-state index contributed by atoms with van der Waals surface area (Å²) in [4.78, 5) is 22.8. The lowest BCUT2D eigenvalue weighted by Gasteiger charge is -2.13. The first-order valence-electron chi connectivity index (χ1n) is 6.46. The van der Waals surface area contributed by atoms with Gasteiger partial charge in [0.2, 0.25) is 0 Å². The highest BCUT2D eigenvalue weighted by molar-refractivity contribution is 5.98. The number of ether oxygens (including phenoxy) is 1. The molecule has 7 nitrogen and oxygen atoms in total. The quantitative estimate of drug-likeness (QED) is 0.554. The van der Waals surface area contributed by atoms with Crippen molar-refractivity contribution in [2.45, 2.75) is 37.4 Å². The molecular formula is C14H16O7. The Morgan fingerprint density at radius 1 is 1.10 bits per heavy atom. The fourth-order valence-electron chi connectivity index (χ4n) is 2.21. The van der Waals surface area contributed by atoms with E-state index in [9.17, 15) is 24.9 Å². The largest absolute Gasteiger partial charge is 0.478 e. The number of aromatic carboxylic acids is 1. The van der Waals surface area contributed by atoms with Gasteiger partial charge in [0.1, 0.15) is 12.2 Å². The van der Waals surface area contributed by atoms with Crippen LogP contribution in [0.1, 0.15) is 33.6 Å². The third-order valence-corrected chi connectivity index (χ3v) is 3.42. The standard InChI is InChI=1S/C14H16O7/c15-9(7-2-1-3-8(6-7)13(18)19)4-5-10-11(16)12(17)14(20)21-10/h1-3,6,10-12,14,16-17,20H,4-5H2,(H,18,19)/t10-,11-,12-,14-/m1/s1. The minimum atomic E-state index is -1.46. The normalized spacial score (nSPS) is 28.5. The molecule has 1 aromatic carbocycles. The number of aliphatic hydroxyl groups is 3. The molecule has 0 amide bonds. The number of hydrogen-bond donors (Lipinski definition) is 4. The predicted molar refractivity (Wildman–Crippen MR) is 69.9 cm³/mol. The molecule has 1 aromatic rings. The summed E-state index contributed by atoms with van der Waals surface area (Å²) in [5.41, 5.74) is 0.271. The van der Waals surface area contributed by atoms with E-state index in [4.69, 9.17) is 9.84 Å². The van der Waals surface area contributed by atoms with Crippen LogP contribution in [0.3, 0.4) is 0 Å². The van der Waals surface area contributed by atoms with Gasteiger partial charge in [-0.2, -0.15) is 0 Å². The Hall–Kier alpha value is -1.80. The Morgan fingerprint density at radius 3 is 2.33 bits per heavy atom. The van der Waals surface area contributed by atoms with E-state index in [-0.39, 0.29) is 29.8 Å². The van der Waals surface area contributed by atoms with Crippen molar-refractivity contribution in [1.29, 1.82) is 0 Å². The molecule has 114 valence electrons. The van der Waals surface area contributed by atoms with Crippen LogP contribution in [-0.4, -0.2) is 56.8 Å². The smallest absolute Gasteiger partial charge is 0.335 e. The van der Waals surface area contributed by atoms with Crippen LogP contribution < -0.4 is 0 Å². The summed E-state index contributed by atoms with van der Waals surface area (Å²) >= 11 is 0. The molecular weight excluding hydrogens is 280 g/mol. The number of carboxylic acid groups (broad SMARTS) is 1. The first-order chi connectivity index (χ1) is 9.90. The van der Waals surface area contributed by atoms with E-state index >= 15 is 0 Å². The van der Waals surface area contributed by atoms with Crippen LogP contribution in [0.2, 0.25) is 0 Å². The number of benzene rings is 1. The van der Waals surface area contributed by atoms with Gasteiger partial charge in [-0.15, -0.1) is 0 Å². The summed E-state index contributed by atoms with van der Waals surface area (Å²) in [6, 6.07) is 5.64. The molecule has 4 atom stereocenters. The summed E-state index contributed by atoms with van der Waals surface area (Å²) in [7, 11) is 0. The molecule has 0 unspecified atom stereocenters. The average Bonchev–Trinajstić information content (AvgIpc) is 2.72. The minimum absolute atomic E-state index is 0.00421. The van der Waals surface area contributed by atoms with Crippen molar-refractivity contribution in [2.24, 2.45) is 0 Å². The molecule has 21 heavy (non-hydrogen) atoms. The van der Waals surface area contributed by atoms with Gasteiger partial charge < -0.3 is 25.2 Å². The van der Waals surface area contributed by atoms with Crippen molar-refractivity contribution < 1.29 is 34.8 Å². The summed E-state index contributed by atoms with van der Waals surface area (Å²) in [6.45, 7) is 0. The monoisotopic (exact) mass is 296 g/mol. The molecule has 1 saturated heterocycles. The Bertz CT molecular complexity index is 542. The molecule has 1 aliphatic heterocycles. The third kappa shape index (κ3) is 3.45. The molecule has 4 N–H and O–H groups in total. The number of aliphatic hydroxyl groups excluding tert-OH is 3. The van der Waals surface area contributed by atoms with Gasteiger partial charge in [0.05, 0.1) is 11.7 Å². The zero-order chi connectivity index (χ0) is 15.6. The number of carboxylic acids is 1. The molecule has 0 aliphatic carbocycles. The van der Waals surface area contributed by atoms with E-state index in [0.717, 1.165) is 0 Å². The topological polar surface area (TPSA) is 124 Å². The maximum atomic E-state index is 12.0. The number of carbonyl (C=O) groups is 2. The van der Waals surface area contributed by atoms with Crippen LogP contribution in [0.15, 0.2) is 24.3 Å². The first-order valence-corrected chi connectivity index (χ1v) is 6.46. The average molecular weight is 296 g/mol. The molecule has 1 fully saturated rings. The van der Waals surface area contributed by atoms with Gasteiger partial charge in [-0.3, -0.25) is 4.79 Å². The lowest BCUT2D eigenvalue weighted by Crippen LogP contribution is -2.32. The van der Waals surface area contributed by atoms with Crippen LogP contribution in [0.5, 0.6) is 0 Å². The van der Waals surface area contributed by atoms with Crippen LogP contribution in [-0.2, 0) is 4.74 Å². The lowest BCUT2D eigenvalue weighted by atomic mass is 10.00. The Balaban J connectivity index is 1.96. The Labute approximate surface area is 120 Å². The second-order valence-corrected chi connectivity index (χ2v) is 4.89. The zero-order valence-corrected chi connectivity index (χ0v) is 11.0. The van der Waals surface area contributed by atoms with Gasteiger partial charge in [0, 0.05) is 12.0 Å². The Morgan fingerprint density at radius 2 is 1.76 bits per heavy atom. The van der Waals surface area contributed by atoms with Gasteiger partial charge in [-0.05, 0) is 18.6 Å². The fraction of sp³-hybridized carbons (Fsp3) is 0.429. The first kappa shape index (κ1) is 15.6. The minimum Gasteiger partial charge on any atom is -0.478 e. The van der Waals surface area contributed by atoms with Crippen molar-refractivity contribution in [2.75, 3.05) is 0 Å². The highest BCUT2D eigenvalue weighted by Gasteiger charge is 2.41. The fourth-order valence-corrected chi connectivity index (χ4v) is 2.21. The van der Waals surface area contributed by atoms with E-state index in [0.29, 0.717) is 0 Å². The highest BCUT2D eigenvalue weighted by atomic mass is 16.6. The van der Waals surface area contributed by atoms with Crippen molar-refractivity contribution in [3.05, 3.63) is 35.4 Å². The van der Waals surface area contributed by atoms with Gasteiger partial charge >= 0.3 is 5.97 Å². The number of hydrogen-bond acceptors (Lipinski definition) is 6. The molecule has 0 spiro atoms. The summed E-state index contributed by atoms with van der Waals surface area (Å²) in [5.74, 6) is -1.42. The van der Waals surface area contributed by atoms with Crippen molar-refractivity contribution in [3.8, 4) is 0 Å². The molecule has 1 aliphatic rings. The number of rotatable bonds is 5. The lowest BCUT2D eigenvalue weighted by molar-refractivity contribution is -0.127. The van der Waals surface area contributed by atoms with Gasteiger partial charge in [0.15, 0.2) is 12.1 Å². The summed E-state index contributed by atoms with van der Waals surface area (Å²) < 4.78 is 4.94. The molecule has 2 rings (SSSR count).